The SMILES string of the molecule is Oc1cccc([C@@]23CCCC[C@H]2CN(CC2CCC2)CC3)c1. The summed E-state index contributed by atoms with van der Waals surface area (Å²) in [6.07, 6.45) is 11.1. The number of hydrogen-bond donors (Lipinski definition) is 1. The number of likely N-dealkylation sites (tertiary alicyclic amines) is 1. The molecule has 0 amide bonds. The van der Waals surface area contributed by atoms with Gasteiger partial charge in [-0.15, -0.1) is 0 Å². The molecule has 4 rings (SSSR count). The second-order valence-electron chi connectivity index (χ2n) is 7.96. The Morgan fingerprint density at radius 2 is 2.00 bits per heavy atom. The molecule has 1 saturated heterocycles. The van der Waals surface area contributed by atoms with E-state index in [1.165, 1.54) is 76.6 Å². The molecular weight excluding hydrogens is 270 g/mol. The first-order valence-electron chi connectivity index (χ1n) is 9.28. The van der Waals surface area contributed by atoms with Crippen LogP contribution in [0.1, 0.15) is 56.9 Å². The van der Waals surface area contributed by atoms with Crippen molar-refractivity contribution in [3.63, 3.8) is 0 Å². The first-order valence-corrected chi connectivity index (χ1v) is 9.28. The summed E-state index contributed by atoms with van der Waals surface area (Å²) in [6.45, 7) is 3.88. The maximum absolute atomic E-state index is 9.93. The van der Waals surface area contributed by atoms with E-state index in [4.69, 9.17) is 0 Å². The summed E-state index contributed by atoms with van der Waals surface area (Å²) in [5.41, 5.74) is 1.74. The van der Waals surface area contributed by atoms with Crippen LogP contribution in [0.4, 0.5) is 0 Å². The minimum absolute atomic E-state index is 0.340. The fourth-order valence-corrected chi connectivity index (χ4v) is 5.21. The van der Waals surface area contributed by atoms with Crippen LogP contribution in [0.15, 0.2) is 24.3 Å². The van der Waals surface area contributed by atoms with E-state index in [2.05, 4.69) is 11.0 Å². The van der Waals surface area contributed by atoms with E-state index in [9.17, 15) is 5.11 Å². The minimum atomic E-state index is 0.340. The van der Waals surface area contributed by atoms with Gasteiger partial charge in [0.2, 0.25) is 0 Å². The maximum Gasteiger partial charge on any atom is 0.115 e. The average Bonchev–Trinajstić information content (AvgIpc) is 2.51. The normalized spacial score (nSPS) is 33.2. The van der Waals surface area contributed by atoms with Crippen molar-refractivity contribution in [3.05, 3.63) is 29.8 Å². The highest BCUT2D eigenvalue weighted by molar-refractivity contribution is 5.35. The van der Waals surface area contributed by atoms with Gasteiger partial charge in [-0.05, 0) is 68.2 Å². The predicted molar refractivity (Wildman–Crippen MR) is 90.1 cm³/mol. The lowest BCUT2D eigenvalue weighted by molar-refractivity contribution is 0.0393. The summed E-state index contributed by atoms with van der Waals surface area (Å²) in [5, 5.41) is 9.93. The van der Waals surface area contributed by atoms with Crippen molar-refractivity contribution in [2.75, 3.05) is 19.6 Å². The number of aromatic hydroxyl groups is 1. The molecule has 1 aliphatic heterocycles. The van der Waals surface area contributed by atoms with Gasteiger partial charge in [0.05, 0.1) is 0 Å². The third-order valence-electron chi connectivity index (χ3n) is 6.72. The molecule has 1 N–H and O–H groups in total. The number of fused-ring (bicyclic) bond motifs is 1. The van der Waals surface area contributed by atoms with Gasteiger partial charge in [0.1, 0.15) is 5.75 Å². The smallest absolute Gasteiger partial charge is 0.115 e. The van der Waals surface area contributed by atoms with E-state index in [0.717, 1.165) is 11.8 Å². The second kappa shape index (κ2) is 5.88. The van der Waals surface area contributed by atoms with Crippen molar-refractivity contribution in [1.82, 2.24) is 4.90 Å². The predicted octanol–water partition coefficient (Wildman–Crippen LogP) is 4.33. The van der Waals surface area contributed by atoms with Crippen LogP contribution in [0.2, 0.25) is 0 Å². The molecule has 3 fully saturated rings. The quantitative estimate of drug-likeness (QED) is 0.898. The summed E-state index contributed by atoms with van der Waals surface area (Å²) in [5.74, 6) is 2.21. The van der Waals surface area contributed by atoms with Gasteiger partial charge in [0.15, 0.2) is 0 Å². The molecule has 2 saturated carbocycles. The number of piperidine rings is 1. The molecule has 0 spiro atoms. The van der Waals surface area contributed by atoms with E-state index < -0.39 is 0 Å². The molecule has 0 unspecified atom stereocenters. The Morgan fingerprint density at radius 1 is 1.09 bits per heavy atom. The van der Waals surface area contributed by atoms with Crippen LogP contribution < -0.4 is 0 Å². The molecule has 0 aromatic heterocycles. The Bertz CT molecular complexity index is 524. The third-order valence-corrected chi connectivity index (χ3v) is 6.72. The molecule has 1 aromatic rings. The Labute approximate surface area is 134 Å². The van der Waals surface area contributed by atoms with Gasteiger partial charge in [0, 0.05) is 18.5 Å². The molecule has 22 heavy (non-hydrogen) atoms. The zero-order chi connectivity index (χ0) is 15.0. The molecule has 1 aromatic carbocycles. The van der Waals surface area contributed by atoms with Crippen molar-refractivity contribution < 1.29 is 5.11 Å². The highest BCUT2D eigenvalue weighted by Gasteiger charge is 2.45. The van der Waals surface area contributed by atoms with Crippen LogP contribution in [-0.4, -0.2) is 29.6 Å². The number of phenolic OH excluding ortho intramolecular Hbond substituents is 1. The van der Waals surface area contributed by atoms with Gasteiger partial charge in [-0.3, -0.25) is 0 Å². The Balaban J connectivity index is 1.55. The van der Waals surface area contributed by atoms with Crippen molar-refractivity contribution in [2.24, 2.45) is 11.8 Å². The topological polar surface area (TPSA) is 23.5 Å². The number of phenols is 1. The maximum atomic E-state index is 9.93. The summed E-state index contributed by atoms with van der Waals surface area (Å²) >= 11 is 0. The standard InChI is InChI=1S/C20H29NO/c22-19-9-4-8-17(13-19)20-10-2-1-7-18(20)15-21(12-11-20)14-16-5-3-6-16/h4,8-9,13,16,18,22H,1-3,5-7,10-12,14-15H2/t18-,20-/m0/s1. The minimum Gasteiger partial charge on any atom is -0.508 e. The molecule has 2 atom stereocenters. The molecular formula is C20H29NO. The fourth-order valence-electron chi connectivity index (χ4n) is 5.21. The summed E-state index contributed by atoms with van der Waals surface area (Å²) < 4.78 is 0. The highest BCUT2D eigenvalue weighted by atomic mass is 16.3. The molecule has 2 heteroatoms. The monoisotopic (exact) mass is 299 g/mol. The first kappa shape index (κ1) is 14.6. The van der Waals surface area contributed by atoms with E-state index in [1.807, 2.05) is 18.2 Å². The van der Waals surface area contributed by atoms with Crippen molar-refractivity contribution in [3.8, 4) is 5.75 Å². The Hall–Kier alpha value is -1.02. The second-order valence-corrected chi connectivity index (χ2v) is 7.96. The largest absolute Gasteiger partial charge is 0.508 e. The lowest BCUT2D eigenvalue weighted by Gasteiger charge is -2.52. The summed E-state index contributed by atoms with van der Waals surface area (Å²) in [7, 11) is 0. The first-order chi connectivity index (χ1) is 10.8. The number of nitrogens with zero attached hydrogens (tertiary/aromatic N) is 1. The lowest BCUT2D eigenvalue weighted by Crippen LogP contribution is -2.52. The van der Waals surface area contributed by atoms with Crippen LogP contribution in [0.5, 0.6) is 5.75 Å². The molecule has 3 aliphatic rings. The van der Waals surface area contributed by atoms with E-state index in [0.29, 0.717) is 11.2 Å². The molecule has 2 nitrogen and oxygen atoms in total. The van der Waals surface area contributed by atoms with Gasteiger partial charge < -0.3 is 10.0 Å². The van der Waals surface area contributed by atoms with Crippen LogP contribution in [0, 0.1) is 11.8 Å². The molecule has 0 radical (unpaired) electrons. The zero-order valence-electron chi connectivity index (χ0n) is 13.6. The number of rotatable bonds is 3. The molecule has 0 bridgehead atoms. The Kier molecular flexibility index (Phi) is 3.89. The molecule has 120 valence electrons. The Morgan fingerprint density at radius 3 is 2.77 bits per heavy atom. The zero-order valence-corrected chi connectivity index (χ0v) is 13.6. The summed E-state index contributed by atoms with van der Waals surface area (Å²) in [6, 6.07) is 8.15. The number of hydrogen-bond acceptors (Lipinski definition) is 2. The van der Waals surface area contributed by atoms with Gasteiger partial charge in [-0.2, -0.15) is 0 Å². The van der Waals surface area contributed by atoms with Gasteiger partial charge in [-0.25, -0.2) is 0 Å². The summed E-state index contributed by atoms with van der Waals surface area (Å²) in [4.78, 5) is 2.75. The highest BCUT2D eigenvalue weighted by Crippen LogP contribution is 2.49. The lowest BCUT2D eigenvalue weighted by atomic mass is 9.59. The average molecular weight is 299 g/mol. The fraction of sp³-hybridized carbons (Fsp3) is 0.700. The van der Waals surface area contributed by atoms with Crippen LogP contribution >= 0.6 is 0 Å². The molecule has 1 heterocycles. The third kappa shape index (κ3) is 2.56. The van der Waals surface area contributed by atoms with E-state index in [1.54, 1.807) is 0 Å². The van der Waals surface area contributed by atoms with Gasteiger partial charge >= 0.3 is 0 Å². The van der Waals surface area contributed by atoms with Crippen molar-refractivity contribution in [1.29, 1.82) is 0 Å². The van der Waals surface area contributed by atoms with Crippen LogP contribution in [0.25, 0.3) is 0 Å². The van der Waals surface area contributed by atoms with Gasteiger partial charge in [-0.1, -0.05) is 31.4 Å². The van der Waals surface area contributed by atoms with Gasteiger partial charge in [0.25, 0.3) is 0 Å². The van der Waals surface area contributed by atoms with Crippen molar-refractivity contribution >= 4 is 0 Å². The van der Waals surface area contributed by atoms with Crippen LogP contribution in [0.3, 0.4) is 0 Å². The van der Waals surface area contributed by atoms with Crippen LogP contribution in [-0.2, 0) is 5.41 Å². The number of benzene rings is 1. The van der Waals surface area contributed by atoms with E-state index >= 15 is 0 Å². The van der Waals surface area contributed by atoms with E-state index in [-0.39, 0.29) is 0 Å². The van der Waals surface area contributed by atoms with Crippen molar-refractivity contribution in [2.45, 2.75) is 56.8 Å². The molecule has 2 aliphatic carbocycles.